The van der Waals surface area contributed by atoms with Crippen molar-refractivity contribution in [2.24, 2.45) is 5.41 Å². The Kier molecular flexibility index (Phi) is 7.75. The minimum absolute atomic E-state index is 0.0397. The Hall–Kier alpha value is -5.49. The second kappa shape index (κ2) is 11.9. The van der Waals surface area contributed by atoms with Gasteiger partial charge in [-0.25, -0.2) is 4.98 Å². The molecule has 2 N–H and O–H groups in total. The first-order valence-corrected chi connectivity index (χ1v) is 16.4. The standard InChI is InChI=1S/C42H38N2O4/c1-6-42(4,5)27-18-21-32(25(3)22-27)48-33-23-31(43-28-19-16-24(2)17-20-28)35-36-34(29-14-10-11-15-30(29)40(35)46)37(41(47)44-38(33)36)39(45)26-12-8-7-9-13-26/h7-20,22-23,32,43,45H,6,21H2,1-5H3. The van der Waals surface area contributed by atoms with E-state index in [1.807, 2.05) is 55.5 Å². The van der Waals surface area contributed by atoms with Crippen molar-refractivity contribution in [1.82, 2.24) is 4.98 Å². The number of aromatic nitrogens is 1. The lowest BCUT2D eigenvalue weighted by Gasteiger charge is -2.30. The Morgan fingerprint density at radius 1 is 0.938 bits per heavy atom. The van der Waals surface area contributed by atoms with E-state index in [1.165, 1.54) is 5.57 Å². The number of aryl methyl sites for hydroxylation is 1. The minimum Gasteiger partial charge on any atom is -0.506 e. The van der Waals surface area contributed by atoms with E-state index in [9.17, 15) is 14.7 Å². The van der Waals surface area contributed by atoms with Crippen molar-refractivity contribution in [2.45, 2.75) is 53.6 Å². The van der Waals surface area contributed by atoms with Gasteiger partial charge in [0.25, 0.3) is 5.56 Å². The largest absolute Gasteiger partial charge is 0.506 e. The molecule has 0 saturated heterocycles. The number of ether oxygens (including phenoxy) is 1. The summed E-state index contributed by atoms with van der Waals surface area (Å²) in [6, 6.07) is 25.9. The van der Waals surface area contributed by atoms with Crippen LogP contribution in [0.1, 0.15) is 51.7 Å². The Balaban J connectivity index is 1.59. The van der Waals surface area contributed by atoms with Crippen LogP contribution in [0.5, 0.6) is 5.75 Å². The average molecular weight is 635 g/mol. The molecule has 4 aromatic rings. The fourth-order valence-electron chi connectivity index (χ4n) is 6.66. The highest BCUT2D eigenvalue weighted by molar-refractivity contribution is 5.97. The number of hydrogen-bond acceptors (Lipinski definition) is 6. The van der Waals surface area contributed by atoms with Gasteiger partial charge in [0.05, 0.1) is 16.3 Å². The highest BCUT2D eigenvalue weighted by Gasteiger charge is 2.27. The summed E-state index contributed by atoms with van der Waals surface area (Å²) in [4.78, 5) is 33.1. The molecule has 2 aliphatic carbocycles. The van der Waals surface area contributed by atoms with E-state index >= 15 is 0 Å². The molecule has 0 spiro atoms. The molecule has 240 valence electrons. The van der Waals surface area contributed by atoms with E-state index in [-0.39, 0.29) is 27.9 Å². The third kappa shape index (κ3) is 5.27. The van der Waals surface area contributed by atoms with Crippen molar-refractivity contribution in [3.63, 3.8) is 0 Å². The zero-order valence-corrected chi connectivity index (χ0v) is 27.8. The van der Waals surface area contributed by atoms with Crippen LogP contribution >= 0.6 is 0 Å². The molecule has 0 saturated carbocycles. The van der Waals surface area contributed by atoms with Gasteiger partial charge in [-0.2, -0.15) is 0 Å². The van der Waals surface area contributed by atoms with Crippen LogP contribution in [0.25, 0.3) is 27.4 Å². The Labute approximate surface area is 278 Å². The fourth-order valence-corrected chi connectivity index (χ4v) is 6.66. The van der Waals surface area contributed by atoms with Crippen LogP contribution in [-0.2, 0) is 0 Å². The Bertz CT molecular complexity index is 2500. The van der Waals surface area contributed by atoms with Crippen molar-refractivity contribution in [3.05, 3.63) is 156 Å². The number of aliphatic hydroxyl groups excluding tert-OH is 1. The van der Waals surface area contributed by atoms with Crippen LogP contribution < -0.4 is 26.3 Å². The number of aliphatic hydroxyl groups is 1. The molecule has 6 nitrogen and oxygen atoms in total. The van der Waals surface area contributed by atoms with Gasteiger partial charge in [-0.15, -0.1) is 0 Å². The van der Waals surface area contributed by atoms with Gasteiger partial charge in [0.15, 0.2) is 5.43 Å². The SMILES string of the molecule is CCC(C)(C)C1=CCC(Oc2cc(Nc3ccc(C)cc3)c3c4c2nc(=O)c(=C(O)c2ccccc2)c=4c2ccccc2c3=O)C(C)=C1. The Morgan fingerprint density at radius 2 is 1.62 bits per heavy atom. The van der Waals surface area contributed by atoms with Gasteiger partial charge in [0.1, 0.15) is 23.1 Å². The van der Waals surface area contributed by atoms with Crippen molar-refractivity contribution < 1.29 is 9.84 Å². The number of fused-ring (bicyclic) bond motifs is 2. The normalized spacial score (nSPS) is 15.8. The fraction of sp³-hybridized carbons (Fsp3) is 0.214. The van der Waals surface area contributed by atoms with Crippen LogP contribution in [0.15, 0.2) is 118 Å². The summed E-state index contributed by atoms with van der Waals surface area (Å²) in [6.07, 6.45) is 5.81. The smallest absolute Gasteiger partial charge is 0.282 e. The van der Waals surface area contributed by atoms with Crippen LogP contribution in [0.3, 0.4) is 0 Å². The number of rotatable bonds is 7. The highest BCUT2D eigenvalue weighted by atomic mass is 16.5. The van der Waals surface area contributed by atoms with Crippen molar-refractivity contribution in [3.8, 4) is 5.75 Å². The van der Waals surface area contributed by atoms with Gasteiger partial charge >= 0.3 is 0 Å². The van der Waals surface area contributed by atoms with E-state index in [0.717, 1.165) is 23.2 Å². The summed E-state index contributed by atoms with van der Waals surface area (Å²) in [5.41, 5.74) is 4.81. The summed E-state index contributed by atoms with van der Waals surface area (Å²) in [5, 5.41) is 17.6. The van der Waals surface area contributed by atoms with Crippen LogP contribution in [0.2, 0.25) is 0 Å². The zero-order chi connectivity index (χ0) is 33.7. The number of hydrogen-bond donors (Lipinski definition) is 2. The maximum absolute atomic E-state index is 14.4. The second-order valence-corrected chi connectivity index (χ2v) is 13.4. The molecular weight excluding hydrogens is 596 g/mol. The summed E-state index contributed by atoms with van der Waals surface area (Å²) in [7, 11) is 0. The summed E-state index contributed by atoms with van der Waals surface area (Å²) in [6.45, 7) is 10.8. The Morgan fingerprint density at radius 3 is 2.31 bits per heavy atom. The lowest BCUT2D eigenvalue weighted by molar-refractivity contribution is 0.239. The number of nitrogens with zero attached hydrogens (tertiary/aromatic N) is 1. The number of anilines is 2. The average Bonchev–Trinajstić information content (AvgIpc) is 3.09. The summed E-state index contributed by atoms with van der Waals surface area (Å²) < 4.78 is 6.78. The molecule has 1 aliphatic heterocycles. The lowest BCUT2D eigenvalue weighted by Crippen LogP contribution is -2.33. The number of nitrogens with one attached hydrogen (secondary N) is 1. The van der Waals surface area contributed by atoms with E-state index in [2.05, 4.69) is 50.1 Å². The first-order valence-electron chi connectivity index (χ1n) is 16.4. The van der Waals surface area contributed by atoms with E-state index in [4.69, 9.17) is 4.74 Å². The summed E-state index contributed by atoms with van der Waals surface area (Å²) >= 11 is 0. The zero-order valence-electron chi connectivity index (χ0n) is 27.8. The molecule has 7 rings (SSSR count). The lowest BCUT2D eigenvalue weighted by atomic mass is 9.78. The van der Waals surface area contributed by atoms with Crippen LogP contribution in [-0.4, -0.2) is 16.2 Å². The van der Waals surface area contributed by atoms with Crippen LogP contribution in [0.4, 0.5) is 11.4 Å². The predicted octanol–water partition coefficient (Wildman–Crippen LogP) is 8.22. The predicted molar refractivity (Wildman–Crippen MR) is 194 cm³/mol. The minimum atomic E-state index is -0.596. The van der Waals surface area contributed by atoms with Crippen molar-refractivity contribution in [2.75, 3.05) is 5.32 Å². The molecule has 1 unspecified atom stereocenters. The van der Waals surface area contributed by atoms with Gasteiger partial charge in [-0.1, -0.05) is 105 Å². The second-order valence-electron chi connectivity index (χ2n) is 13.4. The van der Waals surface area contributed by atoms with Gasteiger partial charge in [0, 0.05) is 39.6 Å². The molecule has 0 fully saturated rings. The van der Waals surface area contributed by atoms with Crippen molar-refractivity contribution >= 4 is 38.8 Å². The van der Waals surface area contributed by atoms with Gasteiger partial charge in [-0.05, 0) is 54.3 Å². The molecule has 6 heteroatoms. The number of benzene rings is 4. The molecule has 0 bridgehead atoms. The van der Waals surface area contributed by atoms with E-state index < -0.39 is 5.56 Å². The first-order chi connectivity index (χ1) is 23.1. The molecule has 1 heterocycles. The van der Waals surface area contributed by atoms with Crippen molar-refractivity contribution in [1.29, 1.82) is 0 Å². The third-order valence-corrected chi connectivity index (χ3v) is 9.85. The number of allylic oxidation sites excluding steroid dienone is 2. The highest BCUT2D eigenvalue weighted by Crippen LogP contribution is 2.38. The maximum Gasteiger partial charge on any atom is 0.282 e. The van der Waals surface area contributed by atoms with E-state index in [0.29, 0.717) is 55.5 Å². The maximum atomic E-state index is 14.4. The molecule has 0 aromatic heterocycles. The molecule has 3 aliphatic rings. The summed E-state index contributed by atoms with van der Waals surface area (Å²) in [5.74, 6) is 0.200. The molecule has 0 radical (unpaired) electrons. The van der Waals surface area contributed by atoms with Crippen LogP contribution in [0, 0.1) is 22.8 Å². The molecule has 1 atom stereocenters. The monoisotopic (exact) mass is 634 g/mol. The molecule has 0 amide bonds. The third-order valence-electron chi connectivity index (χ3n) is 9.85. The van der Waals surface area contributed by atoms with Gasteiger partial charge in [0.2, 0.25) is 0 Å². The first kappa shape index (κ1) is 31.1. The molecule has 4 aromatic carbocycles. The van der Waals surface area contributed by atoms with Gasteiger partial charge < -0.3 is 15.2 Å². The van der Waals surface area contributed by atoms with Gasteiger partial charge in [-0.3, -0.25) is 9.59 Å². The topological polar surface area (TPSA) is 88.5 Å². The molecule has 48 heavy (non-hydrogen) atoms. The molecular formula is C42H38N2O4. The quantitative estimate of drug-likeness (QED) is 0.184. The van der Waals surface area contributed by atoms with E-state index in [1.54, 1.807) is 36.4 Å².